The van der Waals surface area contributed by atoms with Crippen molar-refractivity contribution in [3.8, 4) is 11.8 Å². The highest BCUT2D eigenvalue weighted by Crippen LogP contribution is 2.46. The van der Waals surface area contributed by atoms with E-state index in [-0.39, 0.29) is 17.1 Å². The number of aromatic nitrogens is 3. The van der Waals surface area contributed by atoms with E-state index in [0.717, 1.165) is 34.9 Å². The number of thioether (sulfide) groups is 2. The maximum atomic E-state index is 12.9. The fraction of sp³-hybridized carbons (Fsp3) is 0.217. The molecule has 0 unspecified atom stereocenters. The van der Waals surface area contributed by atoms with Crippen LogP contribution >= 0.6 is 23.5 Å². The van der Waals surface area contributed by atoms with Crippen LogP contribution in [-0.4, -0.2) is 33.3 Å². The standard InChI is InChI=1S/C23H19N5OS2/c1-27-18-9-5-6-10-20(18)31-22(27)17(13-24)19(29)14-30-23-25-21(15-11-12-15)28(26-23)16-7-3-2-4-8-16/h2-10,15H,11-12,14H2,1H3/b22-17-. The molecule has 0 radical (unpaired) electrons. The molecule has 0 saturated heterocycles. The maximum absolute atomic E-state index is 12.9. The molecular formula is C23H19N5OS2. The summed E-state index contributed by atoms with van der Waals surface area (Å²) in [5.74, 6) is 1.29. The number of Topliss-reactive ketones (excluding diaryl/α,β-unsaturated/α-hetero) is 1. The summed E-state index contributed by atoms with van der Waals surface area (Å²) in [6.07, 6.45) is 2.23. The highest BCUT2D eigenvalue weighted by molar-refractivity contribution is 8.03. The second kappa shape index (κ2) is 8.25. The first-order chi connectivity index (χ1) is 15.2. The minimum Gasteiger partial charge on any atom is -0.337 e. The zero-order chi connectivity index (χ0) is 21.4. The molecule has 0 amide bonds. The van der Waals surface area contributed by atoms with Crippen LogP contribution in [0.1, 0.15) is 24.6 Å². The number of carbonyl (C=O) groups excluding carboxylic acids is 1. The van der Waals surface area contributed by atoms with E-state index >= 15 is 0 Å². The van der Waals surface area contributed by atoms with Crippen LogP contribution in [0, 0.1) is 11.3 Å². The van der Waals surface area contributed by atoms with Crippen LogP contribution in [0.4, 0.5) is 5.69 Å². The van der Waals surface area contributed by atoms with Gasteiger partial charge in [0.05, 0.1) is 17.1 Å². The predicted octanol–water partition coefficient (Wildman–Crippen LogP) is 4.78. The number of rotatable bonds is 6. The van der Waals surface area contributed by atoms with E-state index in [1.54, 1.807) is 0 Å². The quantitative estimate of drug-likeness (QED) is 0.307. The first kappa shape index (κ1) is 19.9. The molecule has 8 heteroatoms. The van der Waals surface area contributed by atoms with E-state index in [9.17, 15) is 10.1 Å². The third kappa shape index (κ3) is 3.87. The Bertz CT molecular complexity index is 1220. The van der Waals surface area contributed by atoms with Gasteiger partial charge < -0.3 is 4.90 Å². The van der Waals surface area contributed by atoms with Crippen LogP contribution in [0.25, 0.3) is 5.69 Å². The van der Waals surface area contributed by atoms with E-state index in [0.29, 0.717) is 16.1 Å². The van der Waals surface area contributed by atoms with Crippen molar-refractivity contribution in [1.29, 1.82) is 5.26 Å². The summed E-state index contributed by atoms with van der Waals surface area (Å²) in [4.78, 5) is 20.6. The summed E-state index contributed by atoms with van der Waals surface area (Å²) >= 11 is 2.75. The molecule has 154 valence electrons. The van der Waals surface area contributed by atoms with Crippen LogP contribution in [0.3, 0.4) is 0 Å². The van der Waals surface area contributed by atoms with Gasteiger partial charge in [0, 0.05) is 17.9 Å². The molecule has 1 aromatic heterocycles. The molecule has 3 aromatic rings. The van der Waals surface area contributed by atoms with Crippen molar-refractivity contribution >= 4 is 35.0 Å². The minimum atomic E-state index is -0.210. The lowest BCUT2D eigenvalue weighted by Gasteiger charge is -2.14. The number of carbonyl (C=O) groups is 1. The van der Waals surface area contributed by atoms with Crippen molar-refractivity contribution < 1.29 is 4.79 Å². The van der Waals surface area contributed by atoms with Crippen molar-refractivity contribution in [1.82, 2.24) is 14.8 Å². The predicted molar refractivity (Wildman–Crippen MR) is 122 cm³/mol. The molecule has 0 bridgehead atoms. The van der Waals surface area contributed by atoms with E-state index < -0.39 is 0 Å². The Morgan fingerprint density at radius 2 is 1.94 bits per heavy atom. The first-order valence-corrected chi connectivity index (χ1v) is 11.8. The normalized spacial score (nSPS) is 16.7. The van der Waals surface area contributed by atoms with Gasteiger partial charge in [0.1, 0.15) is 22.5 Å². The van der Waals surface area contributed by atoms with E-state index in [2.05, 4.69) is 11.2 Å². The number of hydrogen-bond acceptors (Lipinski definition) is 7. The molecule has 5 rings (SSSR count). The minimum absolute atomic E-state index is 0.125. The topological polar surface area (TPSA) is 74.8 Å². The molecule has 0 spiro atoms. The molecule has 0 N–H and O–H groups in total. The van der Waals surface area contributed by atoms with Crippen molar-refractivity contribution in [2.45, 2.75) is 28.8 Å². The summed E-state index contributed by atoms with van der Waals surface area (Å²) < 4.78 is 1.88. The third-order valence-corrected chi connectivity index (χ3v) is 7.30. The number of nitriles is 1. The monoisotopic (exact) mass is 445 g/mol. The number of benzene rings is 2. The number of allylic oxidation sites excluding steroid dienone is 1. The Kier molecular flexibility index (Phi) is 5.30. The molecule has 1 aliphatic carbocycles. The van der Waals surface area contributed by atoms with Gasteiger partial charge in [-0.25, -0.2) is 9.67 Å². The van der Waals surface area contributed by atoms with Gasteiger partial charge in [-0.3, -0.25) is 4.79 Å². The molecular weight excluding hydrogens is 426 g/mol. The Balaban J connectivity index is 1.36. The average Bonchev–Trinajstić information content (AvgIpc) is 3.48. The maximum Gasteiger partial charge on any atom is 0.209 e. The number of nitrogens with zero attached hydrogens (tertiary/aromatic N) is 5. The molecule has 2 aromatic carbocycles. The number of ketones is 1. The zero-order valence-corrected chi connectivity index (χ0v) is 18.5. The Hall–Kier alpha value is -3.02. The van der Waals surface area contributed by atoms with Crippen molar-refractivity contribution in [3.63, 3.8) is 0 Å². The Morgan fingerprint density at radius 1 is 1.19 bits per heavy atom. The average molecular weight is 446 g/mol. The molecule has 1 aliphatic heterocycles. The lowest BCUT2D eigenvalue weighted by molar-refractivity contribution is -0.112. The molecule has 0 atom stereocenters. The smallest absolute Gasteiger partial charge is 0.209 e. The van der Waals surface area contributed by atoms with Gasteiger partial charge in [0.25, 0.3) is 0 Å². The summed E-state index contributed by atoms with van der Waals surface area (Å²) in [7, 11) is 1.89. The summed E-state index contributed by atoms with van der Waals surface area (Å²) in [5, 5.41) is 15.6. The van der Waals surface area contributed by atoms with E-state index in [1.165, 1.54) is 23.5 Å². The summed E-state index contributed by atoms with van der Waals surface area (Å²) in [6, 6.07) is 19.9. The number of anilines is 1. The fourth-order valence-corrected chi connectivity index (χ4v) is 5.35. The van der Waals surface area contributed by atoms with Crippen molar-refractivity contribution in [3.05, 3.63) is 71.0 Å². The second-order valence-corrected chi connectivity index (χ2v) is 9.38. The molecule has 2 heterocycles. The number of hydrogen-bond donors (Lipinski definition) is 0. The fourth-order valence-electron chi connectivity index (χ4n) is 3.48. The van der Waals surface area contributed by atoms with Crippen LogP contribution in [0.2, 0.25) is 0 Å². The first-order valence-electron chi connectivity index (χ1n) is 9.99. The Labute approximate surface area is 189 Å². The van der Waals surface area contributed by atoms with Gasteiger partial charge >= 0.3 is 0 Å². The van der Waals surface area contributed by atoms with Gasteiger partial charge in [-0.2, -0.15) is 5.26 Å². The number of fused-ring (bicyclic) bond motifs is 1. The van der Waals surface area contributed by atoms with Gasteiger partial charge in [-0.15, -0.1) is 5.10 Å². The van der Waals surface area contributed by atoms with Crippen LogP contribution < -0.4 is 4.90 Å². The SMILES string of the molecule is CN1/C(=C(\C#N)C(=O)CSc2nc(C3CC3)n(-c3ccccc3)n2)Sc2ccccc21. The summed E-state index contributed by atoms with van der Waals surface area (Å²) in [5.41, 5.74) is 2.16. The lowest BCUT2D eigenvalue weighted by atomic mass is 10.2. The molecule has 6 nitrogen and oxygen atoms in total. The highest BCUT2D eigenvalue weighted by Gasteiger charge is 2.31. The molecule has 1 saturated carbocycles. The van der Waals surface area contributed by atoms with Gasteiger partial charge in [0.2, 0.25) is 5.16 Å². The van der Waals surface area contributed by atoms with Gasteiger partial charge in [-0.1, -0.05) is 53.9 Å². The van der Waals surface area contributed by atoms with Crippen LogP contribution in [0.5, 0.6) is 0 Å². The van der Waals surface area contributed by atoms with Gasteiger partial charge in [-0.05, 0) is 37.1 Å². The molecule has 2 aliphatic rings. The van der Waals surface area contributed by atoms with Crippen molar-refractivity contribution in [2.24, 2.45) is 0 Å². The largest absolute Gasteiger partial charge is 0.337 e. The Morgan fingerprint density at radius 3 is 2.65 bits per heavy atom. The highest BCUT2D eigenvalue weighted by atomic mass is 32.2. The summed E-state index contributed by atoms with van der Waals surface area (Å²) in [6.45, 7) is 0. The van der Waals surface area contributed by atoms with Gasteiger partial charge in [0.15, 0.2) is 5.78 Å². The number of para-hydroxylation sites is 2. The van der Waals surface area contributed by atoms with Crippen LogP contribution in [-0.2, 0) is 4.79 Å². The van der Waals surface area contributed by atoms with Crippen LogP contribution in [0.15, 0.2) is 75.3 Å². The van der Waals surface area contributed by atoms with E-state index in [1.807, 2.05) is 71.2 Å². The lowest BCUT2D eigenvalue weighted by Crippen LogP contribution is -2.16. The molecule has 31 heavy (non-hydrogen) atoms. The molecule has 1 fully saturated rings. The zero-order valence-electron chi connectivity index (χ0n) is 16.9. The van der Waals surface area contributed by atoms with E-state index in [4.69, 9.17) is 4.98 Å². The second-order valence-electron chi connectivity index (χ2n) is 7.41. The third-order valence-electron chi connectivity index (χ3n) is 5.23. The van der Waals surface area contributed by atoms with Crippen molar-refractivity contribution in [2.75, 3.05) is 17.7 Å².